The second-order valence-corrected chi connectivity index (χ2v) is 6.28. The van der Waals surface area contributed by atoms with Crippen LogP contribution in [-0.2, 0) is 11.3 Å². The van der Waals surface area contributed by atoms with Crippen molar-refractivity contribution in [1.29, 1.82) is 0 Å². The molecule has 21 heavy (non-hydrogen) atoms. The van der Waals surface area contributed by atoms with Crippen LogP contribution in [0, 0.1) is 0 Å². The SMILES string of the molecule is CC(C)NCc1cccc(Cl)c1N1CCCN(C)C(=O)C1. The summed E-state index contributed by atoms with van der Waals surface area (Å²) >= 11 is 6.42. The molecule has 0 bridgehead atoms. The van der Waals surface area contributed by atoms with E-state index in [1.165, 1.54) is 0 Å². The molecule has 1 amide bonds. The number of rotatable bonds is 4. The summed E-state index contributed by atoms with van der Waals surface area (Å²) in [6.07, 6.45) is 0.963. The Bertz CT molecular complexity index is 504. The van der Waals surface area contributed by atoms with E-state index in [1.807, 2.05) is 19.2 Å². The lowest BCUT2D eigenvalue weighted by molar-refractivity contribution is -0.127. The highest BCUT2D eigenvalue weighted by molar-refractivity contribution is 6.33. The first-order valence-corrected chi connectivity index (χ1v) is 7.86. The highest BCUT2D eigenvalue weighted by Crippen LogP contribution is 2.31. The Morgan fingerprint density at radius 2 is 2.10 bits per heavy atom. The quantitative estimate of drug-likeness (QED) is 0.928. The van der Waals surface area contributed by atoms with Crippen molar-refractivity contribution in [3.05, 3.63) is 28.8 Å². The predicted octanol–water partition coefficient (Wildman–Crippen LogP) is 2.51. The lowest BCUT2D eigenvalue weighted by Gasteiger charge is -2.26. The van der Waals surface area contributed by atoms with E-state index in [9.17, 15) is 4.79 Å². The zero-order valence-electron chi connectivity index (χ0n) is 13.0. The van der Waals surface area contributed by atoms with Gasteiger partial charge in [-0.1, -0.05) is 37.6 Å². The Hall–Kier alpha value is -1.26. The van der Waals surface area contributed by atoms with Gasteiger partial charge in [0.1, 0.15) is 0 Å². The minimum absolute atomic E-state index is 0.148. The number of amides is 1. The molecule has 1 aliphatic rings. The molecule has 1 aromatic rings. The molecular formula is C16H24ClN3O. The van der Waals surface area contributed by atoms with Crippen LogP contribution in [0.1, 0.15) is 25.8 Å². The summed E-state index contributed by atoms with van der Waals surface area (Å²) in [6.45, 7) is 7.06. The Morgan fingerprint density at radius 3 is 2.81 bits per heavy atom. The summed E-state index contributed by atoms with van der Waals surface area (Å²) in [5, 5.41) is 4.14. The van der Waals surface area contributed by atoms with Crippen LogP contribution in [-0.4, -0.2) is 43.5 Å². The van der Waals surface area contributed by atoms with Crippen LogP contribution in [0.25, 0.3) is 0 Å². The molecule has 116 valence electrons. The van der Waals surface area contributed by atoms with Gasteiger partial charge in [0.25, 0.3) is 0 Å². The molecule has 0 radical (unpaired) electrons. The topological polar surface area (TPSA) is 35.6 Å². The Morgan fingerprint density at radius 1 is 1.33 bits per heavy atom. The standard InChI is InChI=1S/C16H24ClN3O/c1-12(2)18-10-13-6-4-7-14(17)16(13)20-9-5-8-19(3)15(21)11-20/h4,6-7,12,18H,5,8-11H2,1-3H3. The minimum atomic E-state index is 0.148. The van der Waals surface area contributed by atoms with Crippen molar-refractivity contribution in [1.82, 2.24) is 10.2 Å². The lowest BCUT2D eigenvalue weighted by Crippen LogP contribution is -2.35. The molecule has 4 nitrogen and oxygen atoms in total. The molecule has 1 N–H and O–H groups in total. The van der Waals surface area contributed by atoms with Gasteiger partial charge in [-0.25, -0.2) is 0 Å². The van der Waals surface area contributed by atoms with Gasteiger partial charge in [0.2, 0.25) is 5.91 Å². The molecule has 0 spiro atoms. The van der Waals surface area contributed by atoms with Crippen LogP contribution >= 0.6 is 11.6 Å². The minimum Gasteiger partial charge on any atom is -0.361 e. The molecule has 1 heterocycles. The third-order valence-electron chi connectivity index (χ3n) is 3.76. The molecular weight excluding hydrogens is 286 g/mol. The first kappa shape index (κ1) is 16.1. The van der Waals surface area contributed by atoms with E-state index in [4.69, 9.17) is 11.6 Å². The summed E-state index contributed by atoms with van der Waals surface area (Å²) in [4.78, 5) is 16.0. The number of para-hydroxylation sites is 1. The molecule has 0 unspecified atom stereocenters. The van der Waals surface area contributed by atoms with E-state index >= 15 is 0 Å². The number of carbonyl (C=O) groups excluding carboxylic acids is 1. The van der Waals surface area contributed by atoms with E-state index in [2.05, 4.69) is 30.1 Å². The van der Waals surface area contributed by atoms with Gasteiger partial charge in [-0.3, -0.25) is 4.79 Å². The number of carbonyl (C=O) groups is 1. The van der Waals surface area contributed by atoms with Gasteiger partial charge in [-0.15, -0.1) is 0 Å². The maximum Gasteiger partial charge on any atom is 0.241 e. The Balaban J connectivity index is 2.26. The number of halogens is 1. The molecule has 1 aromatic carbocycles. The first-order valence-electron chi connectivity index (χ1n) is 7.48. The average molecular weight is 310 g/mol. The van der Waals surface area contributed by atoms with E-state index in [1.54, 1.807) is 4.90 Å². The lowest BCUT2D eigenvalue weighted by atomic mass is 10.1. The molecule has 0 saturated carbocycles. The predicted molar refractivity (Wildman–Crippen MR) is 87.9 cm³/mol. The second-order valence-electron chi connectivity index (χ2n) is 5.87. The highest BCUT2D eigenvalue weighted by atomic mass is 35.5. The fraction of sp³-hybridized carbons (Fsp3) is 0.562. The molecule has 1 saturated heterocycles. The normalized spacial score (nSPS) is 16.5. The number of hydrogen-bond donors (Lipinski definition) is 1. The van der Waals surface area contributed by atoms with Crippen molar-refractivity contribution >= 4 is 23.2 Å². The van der Waals surface area contributed by atoms with Crippen LogP contribution in [0.2, 0.25) is 5.02 Å². The van der Waals surface area contributed by atoms with Crippen LogP contribution in [0.3, 0.4) is 0 Å². The van der Waals surface area contributed by atoms with Crippen molar-refractivity contribution in [2.75, 3.05) is 31.6 Å². The third-order valence-corrected chi connectivity index (χ3v) is 4.07. The number of benzene rings is 1. The maximum atomic E-state index is 12.1. The summed E-state index contributed by atoms with van der Waals surface area (Å²) in [6, 6.07) is 6.35. The highest BCUT2D eigenvalue weighted by Gasteiger charge is 2.22. The van der Waals surface area contributed by atoms with Gasteiger partial charge in [-0.2, -0.15) is 0 Å². The summed E-state index contributed by atoms with van der Waals surface area (Å²) < 4.78 is 0. The van der Waals surface area contributed by atoms with Crippen LogP contribution in [0.15, 0.2) is 18.2 Å². The van der Waals surface area contributed by atoms with Crippen molar-refractivity contribution in [3.8, 4) is 0 Å². The molecule has 5 heteroatoms. The van der Waals surface area contributed by atoms with E-state index in [-0.39, 0.29) is 5.91 Å². The zero-order valence-corrected chi connectivity index (χ0v) is 13.8. The van der Waals surface area contributed by atoms with E-state index in [0.717, 1.165) is 42.3 Å². The number of hydrogen-bond acceptors (Lipinski definition) is 3. The fourth-order valence-electron chi connectivity index (χ4n) is 2.55. The van der Waals surface area contributed by atoms with Crippen molar-refractivity contribution in [2.24, 2.45) is 0 Å². The van der Waals surface area contributed by atoms with Gasteiger partial charge in [0.15, 0.2) is 0 Å². The average Bonchev–Trinajstić information content (AvgIpc) is 2.59. The fourth-order valence-corrected chi connectivity index (χ4v) is 2.86. The zero-order chi connectivity index (χ0) is 15.4. The smallest absolute Gasteiger partial charge is 0.241 e. The van der Waals surface area contributed by atoms with Crippen molar-refractivity contribution in [2.45, 2.75) is 32.9 Å². The van der Waals surface area contributed by atoms with E-state index in [0.29, 0.717) is 12.6 Å². The number of likely N-dealkylation sites (N-methyl/N-ethyl adjacent to an activating group) is 1. The van der Waals surface area contributed by atoms with Crippen LogP contribution in [0.5, 0.6) is 0 Å². The molecule has 1 fully saturated rings. The van der Waals surface area contributed by atoms with Gasteiger partial charge in [0, 0.05) is 32.7 Å². The second kappa shape index (κ2) is 7.14. The Kier molecular flexibility index (Phi) is 5.48. The molecule has 2 rings (SSSR count). The Labute approximate surface area is 132 Å². The van der Waals surface area contributed by atoms with E-state index < -0.39 is 0 Å². The van der Waals surface area contributed by atoms with Crippen molar-refractivity contribution < 1.29 is 4.79 Å². The van der Waals surface area contributed by atoms with Crippen LogP contribution in [0.4, 0.5) is 5.69 Å². The monoisotopic (exact) mass is 309 g/mol. The van der Waals surface area contributed by atoms with Gasteiger partial charge in [0.05, 0.1) is 17.3 Å². The molecule has 0 aliphatic carbocycles. The summed E-state index contributed by atoms with van der Waals surface area (Å²) in [5.74, 6) is 0.148. The molecule has 0 aromatic heterocycles. The molecule has 0 atom stereocenters. The number of nitrogens with one attached hydrogen (secondary N) is 1. The molecule has 1 aliphatic heterocycles. The first-order chi connectivity index (χ1) is 9.99. The van der Waals surface area contributed by atoms with Gasteiger partial charge in [-0.05, 0) is 18.1 Å². The summed E-state index contributed by atoms with van der Waals surface area (Å²) in [7, 11) is 1.86. The summed E-state index contributed by atoms with van der Waals surface area (Å²) in [5.41, 5.74) is 2.14. The maximum absolute atomic E-state index is 12.1. The number of anilines is 1. The number of nitrogens with zero attached hydrogens (tertiary/aromatic N) is 2. The van der Waals surface area contributed by atoms with Gasteiger partial charge < -0.3 is 15.1 Å². The van der Waals surface area contributed by atoms with Gasteiger partial charge >= 0.3 is 0 Å². The van der Waals surface area contributed by atoms with Crippen molar-refractivity contribution in [3.63, 3.8) is 0 Å². The van der Waals surface area contributed by atoms with Crippen LogP contribution < -0.4 is 10.2 Å². The largest absolute Gasteiger partial charge is 0.361 e. The third kappa shape index (κ3) is 4.11.